The van der Waals surface area contributed by atoms with Gasteiger partial charge in [0.2, 0.25) is 5.91 Å². The summed E-state index contributed by atoms with van der Waals surface area (Å²) < 4.78 is 0. The van der Waals surface area contributed by atoms with Gasteiger partial charge in [-0.1, -0.05) is 36.7 Å². The minimum atomic E-state index is -0.744. The van der Waals surface area contributed by atoms with Crippen molar-refractivity contribution in [1.82, 2.24) is 10.6 Å². The Kier molecular flexibility index (Phi) is 9.48. The first-order valence-corrected chi connectivity index (χ1v) is 10.9. The molecule has 2 aromatic rings. The van der Waals surface area contributed by atoms with Gasteiger partial charge < -0.3 is 21.2 Å². The molecule has 8 nitrogen and oxygen atoms in total. The topological polar surface area (TPSA) is 123 Å². The summed E-state index contributed by atoms with van der Waals surface area (Å²) in [5.41, 5.74) is 6.12. The first kappa shape index (κ1) is 24.4. The first-order valence-electron chi connectivity index (χ1n) is 9.67. The number of nitrogens with one attached hydrogen (secondary N) is 2. The van der Waals surface area contributed by atoms with E-state index in [1.54, 1.807) is 36.4 Å². The predicted molar refractivity (Wildman–Crippen MR) is 121 cm³/mol. The quantitative estimate of drug-likeness (QED) is 0.216. The number of hydrogen-bond donors (Lipinski definition) is 3. The van der Waals surface area contributed by atoms with Gasteiger partial charge in [0.1, 0.15) is 6.04 Å². The monoisotopic (exact) mass is 464 g/mol. The van der Waals surface area contributed by atoms with E-state index in [9.17, 15) is 14.4 Å². The lowest BCUT2D eigenvalue weighted by Crippen LogP contribution is -2.47. The highest BCUT2D eigenvalue weighted by Crippen LogP contribution is 2.11. The van der Waals surface area contributed by atoms with Crippen molar-refractivity contribution in [3.8, 4) is 0 Å². The maximum absolute atomic E-state index is 12.6. The van der Waals surface area contributed by atoms with Gasteiger partial charge in [-0.25, -0.2) is 4.79 Å². The second kappa shape index (κ2) is 12.1. The van der Waals surface area contributed by atoms with Gasteiger partial charge in [-0.2, -0.15) is 0 Å². The molecule has 0 fully saturated rings. The van der Waals surface area contributed by atoms with E-state index in [2.05, 4.69) is 15.8 Å². The number of oxime groups is 1. The van der Waals surface area contributed by atoms with Gasteiger partial charge in [0.05, 0.1) is 11.3 Å². The molecule has 1 heterocycles. The van der Waals surface area contributed by atoms with E-state index < -0.39 is 12.0 Å². The van der Waals surface area contributed by atoms with Crippen LogP contribution >= 0.6 is 22.9 Å². The van der Waals surface area contributed by atoms with Crippen molar-refractivity contribution in [2.24, 2.45) is 16.8 Å². The van der Waals surface area contributed by atoms with Gasteiger partial charge in [0.15, 0.2) is 5.84 Å². The Bertz CT molecular complexity index is 914. The minimum Gasteiger partial charge on any atom is -0.380 e. The lowest BCUT2D eigenvalue weighted by Gasteiger charge is -2.20. The van der Waals surface area contributed by atoms with Crippen LogP contribution in [0.25, 0.3) is 0 Å². The normalized spacial score (nSPS) is 12.3. The van der Waals surface area contributed by atoms with Gasteiger partial charge in [0.25, 0.3) is 5.91 Å². The molecule has 0 aliphatic heterocycles. The van der Waals surface area contributed by atoms with Gasteiger partial charge in [-0.3, -0.25) is 9.59 Å². The molecular weight excluding hydrogens is 440 g/mol. The van der Waals surface area contributed by atoms with Crippen molar-refractivity contribution in [2.45, 2.75) is 32.7 Å². The maximum Gasteiger partial charge on any atom is 0.336 e. The maximum atomic E-state index is 12.6. The molecule has 1 aromatic heterocycles. The molecule has 166 valence electrons. The van der Waals surface area contributed by atoms with E-state index in [4.69, 9.17) is 22.2 Å². The van der Waals surface area contributed by atoms with Gasteiger partial charge in [-0.05, 0) is 48.1 Å². The molecule has 0 spiro atoms. The summed E-state index contributed by atoms with van der Waals surface area (Å²) in [4.78, 5) is 42.3. The molecule has 0 saturated heterocycles. The molecule has 0 unspecified atom stereocenters. The zero-order valence-corrected chi connectivity index (χ0v) is 18.8. The molecule has 10 heteroatoms. The Balaban J connectivity index is 1.84. The lowest BCUT2D eigenvalue weighted by molar-refractivity contribution is -0.143. The number of nitrogens with zero attached hydrogens (tertiary/aromatic N) is 1. The van der Waals surface area contributed by atoms with Crippen LogP contribution in [0.1, 0.15) is 41.9 Å². The van der Waals surface area contributed by atoms with Crippen molar-refractivity contribution >= 4 is 46.6 Å². The predicted octanol–water partition coefficient (Wildman–Crippen LogP) is 2.92. The van der Waals surface area contributed by atoms with E-state index in [-0.39, 0.29) is 36.5 Å². The van der Waals surface area contributed by atoms with E-state index in [0.717, 1.165) is 0 Å². The summed E-state index contributed by atoms with van der Waals surface area (Å²) >= 11 is 7.21. The summed E-state index contributed by atoms with van der Waals surface area (Å²) in [6.45, 7) is 3.93. The van der Waals surface area contributed by atoms with Crippen LogP contribution in [0.15, 0.2) is 46.9 Å². The first-order chi connectivity index (χ1) is 14.8. The van der Waals surface area contributed by atoms with E-state index >= 15 is 0 Å². The third-order valence-corrected chi connectivity index (χ3v) is 5.23. The lowest BCUT2D eigenvalue weighted by atomic mass is 10.0. The number of thiophene rings is 1. The molecular formula is C21H25ClN4O4S. The van der Waals surface area contributed by atoms with Crippen molar-refractivity contribution in [3.05, 3.63) is 57.2 Å². The van der Waals surface area contributed by atoms with E-state index in [1.165, 1.54) is 11.3 Å². The SMILES string of the molecule is CC(C)C[C@@H](NC(=O)c1ccc(Cl)cc1)C(=O)NCCC(=O)O/N=C(/N)c1cccs1. The zero-order chi connectivity index (χ0) is 22.8. The molecule has 0 bridgehead atoms. The highest BCUT2D eigenvalue weighted by atomic mass is 35.5. The largest absolute Gasteiger partial charge is 0.380 e. The number of amides is 2. The second-order valence-electron chi connectivity index (χ2n) is 7.12. The second-order valence-corrected chi connectivity index (χ2v) is 8.50. The Morgan fingerprint density at radius 1 is 1.19 bits per heavy atom. The number of amidine groups is 1. The van der Waals surface area contributed by atoms with Crippen LogP contribution < -0.4 is 16.4 Å². The Hall–Kier alpha value is -2.91. The highest BCUT2D eigenvalue weighted by Gasteiger charge is 2.22. The molecule has 2 rings (SSSR count). The zero-order valence-electron chi connectivity index (χ0n) is 17.3. The number of rotatable bonds is 10. The Morgan fingerprint density at radius 2 is 1.90 bits per heavy atom. The average molecular weight is 465 g/mol. The van der Waals surface area contributed by atoms with Crippen LogP contribution in [0.2, 0.25) is 5.02 Å². The van der Waals surface area contributed by atoms with Crippen LogP contribution in [0.4, 0.5) is 0 Å². The summed E-state index contributed by atoms with van der Waals surface area (Å²) in [6.07, 6.45) is 0.351. The molecule has 1 aromatic carbocycles. The highest BCUT2D eigenvalue weighted by molar-refractivity contribution is 7.12. The molecule has 0 aliphatic rings. The number of hydrogen-bond acceptors (Lipinski definition) is 6. The number of nitrogens with two attached hydrogens (primary N) is 1. The van der Waals surface area contributed by atoms with Gasteiger partial charge in [0, 0.05) is 17.1 Å². The summed E-state index contributed by atoms with van der Waals surface area (Å²) in [5.74, 6) is -1.12. The fourth-order valence-electron chi connectivity index (χ4n) is 2.57. The van der Waals surface area contributed by atoms with Crippen LogP contribution in [-0.2, 0) is 14.4 Å². The molecule has 1 atom stereocenters. The third-order valence-electron chi connectivity index (χ3n) is 4.08. The van der Waals surface area contributed by atoms with Gasteiger partial charge in [-0.15, -0.1) is 11.3 Å². The number of carbonyl (C=O) groups excluding carboxylic acids is 3. The van der Waals surface area contributed by atoms with Crippen LogP contribution in [-0.4, -0.2) is 36.2 Å². The van der Waals surface area contributed by atoms with Crippen molar-refractivity contribution < 1.29 is 19.2 Å². The van der Waals surface area contributed by atoms with Crippen molar-refractivity contribution in [1.29, 1.82) is 0 Å². The summed E-state index contributed by atoms with van der Waals surface area (Å²) in [6, 6.07) is 9.19. The van der Waals surface area contributed by atoms with Crippen LogP contribution in [0.3, 0.4) is 0 Å². The Labute approximate surface area is 189 Å². The fraction of sp³-hybridized carbons (Fsp3) is 0.333. The third kappa shape index (κ3) is 8.39. The van der Waals surface area contributed by atoms with E-state index in [1.807, 2.05) is 19.2 Å². The molecule has 0 aliphatic carbocycles. The molecule has 31 heavy (non-hydrogen) atoms. The molecule has 0 saturated carbocycles. The molecule has 4 N–H and O–H groups in total. The fourth-order valence-corrected chi connectivity index (χ4v) is 3.32. The van der Waals surface area contributed by atoms with Gasteiger partial charge >= 0.3 is 5.97 Å². The van der Waals surface area contributed by atoms with Crippen LogP contribution in [0.5, 0.6) is 0 Å². The average Bonchev–Trinajstić information content (AvgIpc) is 3.26. The number of carbonyl (C=O) groups is 3. The number of halogens is 1. The summed E-state index contributed by atoms with van der Waals surface area (Å²) in [7, 11) is 0. The number of benzene rings is 1. The standard InChI is InChI=1S/C21H25ClN4O4S/c1-13(2)12-16(25-20(28)14-5-7-15(22)8-6-14)21(29)24-10-9-18(27)30-26-19(23)17-4-3-11-31-17/h3-8,11,13,16H,9-10,12H2,1-2H3,(H2,23,26)(H,24,29)(H,25,28)/t16-/m1/s1. The molecule has 0 radical (unpaired) electrons. The van der Waals surface area contributed by atoms with Crippen molar-refractivity contribution in [2.75, 3.05) is 6.54 Å². The van der Waals surface area contributed by atoms with Crippen molar-refractivity contribution in [3.63, 3.8) is 0 Å². The van der Waals surface area contributed by atoms with E-state index in [0.29, 0.717) is 21.9 Å². The minimum absolute atomic E-state index is 0.0392. The molecule has 2 amide bonds. The van der Waals surface area contributed by atoms with Crippen LogP contribution in [0, 0.1) is 5.92 Å². The summed E-state index contributed by atoms with van der Waals surface area (Å²) in [5, 5.41) is 11.3. The smallest absolute Gasteiger partial charge is 0.336 e. The Morgan fingerprint density at radius 3 is 2.52 bits per heavy atom.